The SMILES string of the molecule is O=S(=O)(F)N(CF)C(F)F. The second kappa shape index (κ2) is 3.15. The number of rotatable bonds is 3. The van der Waals surface area contributed by atoms with Crippen LogP contribution in [0.15, 0.2) is 0 Å². The second-order valence-electron chi connectivity index (χ2n) is 1.23. The predicted octanol–water partition coefficient (Wildman–Crippen LogP) is 0.652. The van der Waals surface area contributed by atoms with Gasteiger partial charge in [0.05, 0.1) is 0 Å². The number of hydrogen-bond acceptors (Lipinski definition) is 2. The molecule has 0 amide bonds. The summed E-state index contributed by atoms with van der Waals surface area (Å²) in [6, 6.07) is 0. The van der Waals surface area contributed by atoms with Gasteiger partial charge >= 0.3 is 17.0 Å². The van der Waals surface area contributed by atoms with E-state index in [2.05, 4.69) is 0 Å². The Labute approximate surface area is 54.6 Å². The molecule has 0 aliphatic rings. The summed E-state index contributed by atoms with van der Waals surface area (Å²) in [5.41, 5.74) is 0. The van der Waals surface area contributed by atoms with Crippen LogP contribution in [0.1, 0.15) is 0 Å². The van der Waals surface area contributed by atoms with Crippen molar-refractivity contribution in [3.8, 4) is 0 Å². The molecular formula is C2H3F4NO2S. The summed E-state index contributed by atoms with van der Waals surface area (Å²) < 4.78 is 63.1. The van der Waals surface area contributed by atoms with E-state index in [1.165, 1.54) is 0 Å². The average Bonchev–Trinajstić information content (AvgIpc) is 1.60. The molecule has 0 atom stereocenters. The van der Waals surface area contributed by atoms with Crippen LogP contribution in [0.4, 0.5) is 17.1 Å². The molecule has 0 heterocycles. The van der Waals surface area contributed by atoms with Gasteiger partial charge in [0.25, 0.3) is 0 Å². The Bertz CT molecular complexity index is 189. The fraction of sp³-hybridized carbons (Fsp3) is 1.00. The van der Waals surface area contributed by atoms with Gasteiger partial charge in [0.15, 0.2) is 6.80 Å². The molecule has 0 aliphatic heterocycles. The Hall–Kier alpha value is -0.370. The molecule has 0 saturated carbocycles. The number of nitrogens with zero attached hydrogens (tertiary/aromatic N) is 1. The van der Waals surface area contributed by atoms with E-state index in [9.17, 15) is 25.5 Å². The van der Waals surface area contributed by atoms with Crippen molar-refractivity contribution in [2.24, 2.45) is 0 Å². The van der Waals surface area contributed by atoms with E-state index in [0.717, 1.165) is 0 Å². The lowest BCUT2D eigenvalue weighted by Gasteiger charge is -2.09. The summed E-state index contributed by atoms with van der Waals surface area (Å²) in [5, 5.41) is 0. The molecule has 0 aromatic rings. The van der Waals surface area contributed by atoms with Crippen molar-refractivity contribution in [2.75, 3.05) is 6.80 Å². The van der Waals surface area contributed by atoms with Crippen LogP contribution in [-0.4, -0.2) is 26.1 Å². The zero-order chi connectivity index (χ0) is 8.36. The van der Waals surface area contributed by atoms with Crippen molar-refractivity contribution in [1.82, 2.24) is 4.31 Å². The Kier molecular flexibility index (Phi) is 3.03. The van der Waals surface area contributed by atoms with Gasteiger partial charge in [-0.3, -0.25) is 0 Å². The maximum Gasteiger partial charge on any atom is 0.381 e. The second-order valence-corrected chi connectivity index (χ2v) is 2.52. The molecule has 62 valence electrons. The normalized spacial score (nSPS) is 13.0. The van der Waals surface area contributed by atoms with Gasteiger partial charge < -0.3 is 0 Å². The smallest absolute Gasteiger partial charge is 0.232 e. The quantitative estimate of drug-likeness (QED) is 0.364. The topological polar surface area (TPSA) is 37.4 Å². The van der Waals surface area contributed by atoms with Crippen LogP contribution in [-0.2, 0) is 10.4 Å². The van der Waals surface area contributed by atoms with Gasteiger partial charge in [0, 0.05) is 0 Å². The van der Waals surface area contributed by atoms with Crippen molar-refractivity contribution in [3.63, 3.8) is 0 Å². The molecule has 3 nitrogen and oxygen atoms in total. The molecule has 0 aromatic heterocycles. The zero-order valence-electron chi connectivity index (χ0n) is 4.47. The fourth-order valence-corrected chi connectivity index (χ4v) is 0.513. The number of alkyl halides is 3. The van der Waals surface area contributed by atoms with Gasteiger partial charge in [0.2, 0.25) is 0 Å². The first-order valence-corrected chi connectivity index (χ1v) is 3.29. The van der Waals surface area contributed by atoms with E-state index >= 15 is 0 Å². The summed E-state index contributed by atoms with van der Waals surface area (Å²) in [6.45, 7) is -5.75. The van der Waals surface area contributed by atoms with Crippen molar-refractivity contribution >= 4 is 10.4 Å². The van der Waals surface area contributed by atoms with Crippen molar-refractivity contribution in [2.45, 2.75) is 6.55 Å². The van der Waals surface area contributed by atoms with E-state index < -0.39 is 28.1 Å². The van der Waals surface area contributed by atoms with Crippen LogP contribution in [0.5, 0.6) is 0 Å². The monoisotopic (exact) mass is 181 g/mol. The highest BCUT2D eigenvalue weighted by Crippen LogP contribution is 2.10. The van der Waals surface area contributed by atoms with Crippen LogP contribution in [0.2, 0.25) is 0 Å². The Morgan fingerprint density at radius 1 is 1.40 bits per heavy atom. The van der Waals surface area contributed by atoms with Crippen LogP contribution in [0.3, 0.4) is 0 Å². The van der Waals surface area contributed by atoms with Crippen LogP contribution in [0, 0.1) is 0 Å². The fourth-order valence-electron chi connectivity index (χ4n) is 0.206. The van der Waals surface area contributed by atoms with E-state index in [0.29, 0.717) is 0 Å². The molecule has 0 aromatic carbocycles. The van der Waals surface area contributed by atoms with Crippen LogP contribution in [0.25, 0.3) is 0 Å². The minimum Gasteiger partial charge on any atom is -0.232 e. The maximum atomic E-state index is 11.5. The largest absolute Gasteiger partial charge is 0.381 e. The van der Waals surface area contributed by atoms with Crippen LogP contribution < -0.4 is 0 Å². The van der Waals surface area contributed by atoms with Crippen molar-refractivity contribution in [1.29, 1.82) is 0 Å². The van der Waals surface area contributed by atoms with Gasteiger partial charge in [-0.2, -0.15) is 17.2 Å². The first-order chi connectivity index (χ1) is 4.39. The van der Waals surface area contributed by atoms with Crippen LogP contribution >= 0.6 is 0 Å². The molecular weight excluding hydrogens is 178 g/mol. The lowest BCUT2D eigenvalue weighted by Crippen LogP contribution is -2.31. The van der Waals surface area contributed by atoms with Gasteiger partial charge in [0.1, 0.15) is 0 Å². The van der Waals surface area contributed by atoms with Gasteiger partial charge in [-0.15, -0.1) is 0 Å². The molecule has 0 N–H and O–H groups in total. The zero-order valence-corrected chi connectivity index (χ0v) is 5.28. The molecule has 0 fully saturated rings. The third-order valence-electron chi connectivity index (χ3n) is 0.616. The molecule has 0 rings (SSSR count). The van der Waals surface area contributed by atoms with Gasteiger partial charge in [-0.25, -0.2) is 4.39 Å². The van der Waals surface area contributed by atoms with Gasteiger partial charge in [-0.05, 0) is 0 Å². The third kappa shape index (κ3) is 2.48. The summed E-state index contributed by atoms with van der Waals surface area (Å²) in [7, 11) is -5.61. The summed E-state index contributed by atoms with van der Waals surface area (Å²) in [6.07, 6.45) is 0. The van der Waals surface area contributed by atoms with Crippen molar-refractivity contribution in [3.05, 3.63) is 0 Å². The van der Waals surface area contributed by atoms with Crippen molar-refractivity contribution < 1.29 is 25.5 Å². The molecule has 0 bridgehead atoms. The summed E-state index contributed by atoms with van der Waals surface area (Å²) in [4.78, 5) is 0. The van der Waals surface area contributed by atoms with E-state index in [1.54, 1.807) is 0 Å². The Balaban J connectivity index is 4.38. The summed E-state index contributed by atoms with van der Waals surface area (Å²) in [5.74, 6) is 0. The first kappa shape index (κ1) is 9.63. The molecule has 0 aliphatic carbocycles. The van der Waals surface area contributed by atoms with E-state index in [4.69, 9.17) is 0 Å². The van der Waals surface area contributed by atoms with E-state index in [-0.39, 0.29) is 0 Å². The minimum absolute atomic E-state index is 1.22. The van der Waals surface area contributed by atoms with Gasteiger partial charge in [-0.1, -0.05) is 8.19 Å². The van der Waals surface area contributed by atoms with E-state index in [1.807, 2.05) is 0 Å². The lowest BCUT2D eigenvalue weighted by molar-refractivity contribution is 0.00709. The maximum absolute atomic E-state index is 11.5. The Morgan fingerprint density at radius 2 is 1.80 bits per heavy atom. The predicted molar refractivity (Wildman–Crippen MR) is 23.8 cm³/mol. The molecule has 8 heteroatoms. The molecule has 0 unspecified atom stereocenters. The lowest BCUT2D eigenvalue weighted by atomic mass is 11.1. The Morgan fingerprint density at radius 3 is 1.80 bits per heavy atom. The standard InChI is InChI=1S/C2H3F4NO2S/c3-1-7(2(4)5)10(6,8)9/h2H,1H2. The highest BCUT2D eigenvalue weighted by molar-refractivity contribution is 7.83. The average molecular weight is 181 g/mol. The number of hydrogen-bond donors (Lipinski definition) is 0. The highest BCUT2D eigenvalue weighted by Gasteiger charge is 2.29. The highest BCUT2D eigenvalue weighted by atomic mass is 32.3. The first-order valence-electron chi connectivity index (χ1n) is 1.95. The molecule has 0 saturated heterocycles. The summed E-state index contributed by atoms with van der Waals surface area (Å²) >= 11 is 0. The molecule has 10 heavy (non-hydrogen) atoms. The third-order valence-corrected chi connectivity index (χ3v) is 1.43. The molecule has 0 spiro atoms. The number of halogens is 4. The molecule has 0 radical (unpaired) electrons. The minimum atomic E-state index is -5.61.